The second-order valence-corrected chi connectivity index (χ2v) is 3.67. The molecule has 0 aliphatic rings. The Morgan fingerprint density at radius 1 is 1.77 bits per heavy atom. The Balaban J connectivity index is 2.67. The minimum absolute atomic E-state index is 0.260. The third kappa shape index (κ3) is 2.41. The lowest BCUT2D eigenvalue weighted by Crippen LogP contribution is -2.25. The van der Waals surface area contributed by atoms with Crippen molar-refractivity contribution in [3.63, 3.8) is 0 Å². The van der Waals surface area contributed by atoms with Crippen LogP contribution in [-0.4, -0.2) is 31.4 Å². The summed E-state index contributed by atoms with van der Waals surface area (Å²) in [5, 5.41) is 11.2. The standard InChI is InChI=1S/C6H11N5OS/c1-3-4(5(7)12)13-6-8-9-10-11(6)2/h4H,3H2,1-2H3,(H2,7,12). The van der Waals surface area contributed by atoms with Gasteiger partial charge < -0.3 is 5.73 Å². The monoisotopic (exact) mass is 201 g/mol. The van der Waals surface area contributed by atoms with E-state index in [9.17, 15) is 4.79 Å². The Kier molecular flexibility index (Phi) is 3.24. The van der Waals surface area contributed by atoms with Gasteiger partial charge in [-0.3, -0.25) is 4.79 Å². The number of nitrogens with two attached hydrogens (primary N) is 1. The van der Waals surface area contributed by atoms with Crippen LogP contribution in [0.3, 0.4) is 0 Å². The zero-order valence-electron chi connectivity index (χ0n) is 7.47. The first kappa shape index (κ1) is 9.97. The van der Waals surface area contributed by atoms with Gasteiger partial charge in [-0.15, -0.1) is 5.10 Å². The zero-order chi connectivity index (χ0) is 9.84. The Hall–Kier alpha value is -1.11. The van der Waals surface area contributed by atoms with Gasteiger partial charge in [-0.25, -0.2) is 4.68 Å². The number of primary amides is 1. The van der Waals surface area contributed by atoms with Gasteiger partial charge in [-0.05, 0) is 16.8 Å². The van der Waals surface area contributed by atoms with Crippen molar-refractivity contribution >= 4 is 17.7 Å². The first-order chi connectivity index (χ1) is 6.15. The lowest BCUT2D eigenvalue weighted by molar-refractivity contribution is -0.117. The molecule has 6 nitrogen and oxygen atoms in total. The predicted molar refractivity (Wildman–Crippen MR) is 47.9 cm³/mol. The second kappa shape index (κ2) is 4.22. The molecule has 0 spiro atoms. The highest BCUT2D eigenvalue weighted by Gasteiger charge is 2.17. The van der Waals surface area contributed by atoms with Crippen molar-refractivity contribution in [3.05, 3.63) is 0 Å². The Labute approximate surface area is 79.9 Å². The topological polar surface area (TPSA) is 86.7 Å². The summed E-state index contributed by atoms with van der Waals surface area (Å²) in [5.74, 6) is -0.337. The van der Waals surface area contributed by atoms with Gasteiger partial charge >= 0.3 is 0 Å². The van der Waals surface area contributed by atoms with E-state index in [0.29, 0.717) is 11.6 Å². The maximum Gasteiger partial charge on any atom is 0.231 e. The number of nitrogens with zero attached hydrogens (tertiary/aromatic N) is 4. The highest BCUT2D eigenvalue weighted by Crippen LogP contribution is 2.21. The van der Waals surface area contributed by atoms with E-state index in [-0.39, 0.29) is 11.2 Å². The highest BCUT2D eigenvalue weighted by atomic mass is 32.2. The predicted octanol–water partition coefficient (Wildman–Crippen LogP) is -0.434. The summed E-state index contributed by atoms with van der Waals surface area (Å²) in [6, 6.07) is 0. The number of carbonyl (C=O) groups is 1. The first-order valence-corrected chi connectivity index (χ1v) is 4.71. The van der Waals surface area contributed by atoms with Gasteiger partial charge in [-0.2, -0.15) is 0 Å². The molecule has 1 unspecified atom stereocenters. The van der Waals surface area contributed by atoms with Crippen LogP contribution in [-0.2, 0) is 11.8 Å². The molecule has 0 aliphatic carbocycles. The van der Waals surface area contributed by atoms with Crippen LogP contribution in [0.5, 0.6) is 0 Å². The summed E-state index contributed by atoms with van der Waals surface area (Å²) in [7, 11) is 1.72. The fourth-order valence-corrected chi connectivity index (χ4v) is 1.60. The second-order valence-electron chi connectivity index (χ2n) is 2.50. The summed E-state index contributed by atoms with van der Waals surface area (Å²) in [4.78, 5) is 10.9. The summed E-state index contributed by atoms with van der Waals surface area (Å²) >= 11 is 1.28. The van der Waals surface area contributed by atoms with Crippen molar-refractivity contribution in [1.82, 2.24) is 20.2 Å². The molecule has 7 heteroatoms. The Morgan fingerprint density at radius 3 is 2.85 bits per heavy atom. The fraction of sp³-hybridized carbons (Fsp3) is 0.667. The molecule has 2 N–H and O–H groups in total. The fourth-order valence-electron chi connectivity index (χ4n) is 0.791. The minimum Gasteiger partial charge on any atom is -0.369 e. The number of aryl methyl sites for hydroxylation is 1. The molecular weight excluding hydrogens is 190 g/mol. The minimum atomic E-state index is -0.337. The smallest absolute Gasteiger partial charge is 0.231 e. The van der Waals surface area contributed by atoms with Crippen LogP contribution in [0.2, 0.25) is 0 Å². The van der Waals surface area contributed by atoms with Crippen LogP contribution in [0, 0.1) is 0 Å². The molecule has 1 aromatic rings. The average molecular weight is 201 g/mol. The molecule has 0 fully saturated rings. The maximum absolute atomic E-state index is 10.9. The van der Waals surface area contributed by atoms with Crippen molar-refractivity contribution in [2.75, 3.05) is 0 Å². The molecule has 1 rings (SSSR count). The van der Waals surface area contributed by atoms with Crippen LogP contribution in [0.15, 0.2) is 5.16 Å². The van der Waals surface area contributed by atoms with Gasteiger partial charge in [0.1, 0.15) is 0 Å². The summed E-state index contributed by atoms with van der Waals surface area (Å²) in [6.45, 7) is 1.90. The van der Waals surface area contributed by atoms with Crippen molar-refractivity contribution in [1.29, 1.82) is 0 Å². The number of hydrogen-bond acceptors (Lipinski definition) is 5. The number of aromatic nitrogens is 4. The normalized spacial score (nSPS) is 12.8. The van der Waals surface area contributed by atoms with Crippen molar-refractivity contribution in [3.8, 4) is 0 Å². The summed E-state index contributed by atoms with van der Waals surface area (Å²) in [5.41, 5.74) is 5.18. The SMILES string of the molecule is CCC(Sc1nnnn1C)C(N)=O. The number of hydrogen-bond donors (Lipinski definition) is 1. The van der Waals surface area contributed by atoms with Crippen LogP contribution in [0.25, 0.3) is 0 Å². The van der Waals surface area contributed by atoms with Gasteiger partial charge in [0, 0.05) is 7.05 Å². The molecule has 1 aromatic heterocycles. The molecule has 1 heterocycles. The Morgan fingerprint density at radius 2 is 2.46 bits per heavy atom. The number of thioether (sulfide) groups is 1. The number of carbonyl (C=O) groups excluding carboxylic acids is 1. The van der Waals surface area contributed by atoms with Crippen molar-refractivity contribution in [2.45, 2.75) is 23.8 Å². The number of rotatable bonds is 4. The highest BCUT2D eigenvalue weighted by molar-refractivity contribution is 8.00. The van der Waals surface area contributed by atoms with Crippen molar-refractivity contribution < 1.29 is 4.79 Å². The molecule has 0 aromatic carbocycles. The van der Waals surface area contributed by atoms with Gasteiger partial charge in [0.15, 0.2) is 0 Å². The van der Waals surface area contributed by atoms with Gasteiger partial charge in [-0.1, -0.05) is 18.7 Å². The van der Waals surface area contributed by atoms with E-state index in [1.54, 1.807) is 7.05 Å². The Bertz CT molecular complexity index is 299. The lowest BCUT2D eigenvalue weighted by atomic mass is 10.3. The molecule has 0 bridgehead atoms. The molecule has 13 heavy (non-hydrogen) atoms. The van der Waals surface area contributed by atoms with E-state index in [1.165, 1.54) is 16.4 Å². The molecule has 1 atom stereocenters. The van der Waals surface area contributed by atoms with E-state index in [0.717, 1.165) is 0 Å². The molecule has 0 aliphatic heterocycles. The van der Waals surface area contributed by atoms with Crippen LogP contribution in [0.4, 0.5) is 0 Å². The molecule has 1 amide bonds. The lowest BCUT2D eigenvalue weighted by Gasteiger charge is -2.07. The van der Waals surface area contributed by atoms with Gasteiger partial charge in [0.05, 0.1) is 5.25 Å². The van der Waals surface area contributed by atoms with Crippen molar-refractivity contribution in [2.24, 2.45) is 12.8 Å². The molecule has 0 radical (unpaired) electrons. The molecule has 72 valence electrons. The number of amides is 1. The molecule has 0 saturated carbocycles. The summed E-state index contributed by atoms with van der Waals surface area (Å²) < 4.78 is 1.51. The van der Waals surface area contributed by atoms with Crippen LogP contribution in [0.1, 0.15) is 13.3 Å². The molecular formula is C6H11N5OS. The first-order valence-electron chi connectivity index (χ1n) is 3.83. The zero-order valence-corrected chi connectivity index (χ0v) is 8.28. The largest absolute Gasteiger partial charge is 0.369 e. The molecule has 0 saturated heterocycles. The van der Waals surface area contributed by atoms with Gasteiger partial charge in [0.2, 0.25) is 11.1 Å². The average Bonchev–Trinajstić information content (AvgIpc) is 2.46. The third-order valence-electron chi connectivity index (χ3n) is 1.52. The quantitative estimate of drug-likeness (QED) is 0.668. The third-order valence-corrected chi connectivity index (χ3v) is 2.92. The van der Waals surface area contributed by atoms with Gasteiger partial charge in [0.25, 0.3) is 0 Å². The van der Waals surface area contributed by atoms with E-state index in [2.05, 4.69) is 15.5 Å². The van der Waals surface area contributed by atoms with E-state index in [1.807, 2.05) is 6.92 Å². The van der Waals surface area contributed by atoms with Crippen LogP contribution < -0.4 is 5.73 Å². The van der Waals surface area contributed by atoms with E-state index < -0.39 is 0 Å². The van der Waals surface area contributed by atoms with E-state index in [4.69, 9.17) is 5.73 Å². The maximum atomic E-state index is 10.9. The summed E-state index contributed by atoms with van der Waals surface area (Å²) in [6.07, 6.45) is 0.673. The number of tetrazole rings is 1. The van der Waals surface area contributed by atoms with Crippen LogP contribution >= 0.6 is 11.8 Å². The van der Waals surface area contributed by atoms with E-state index >= 15 is 0 Å².